The van der Waals surface area contributed by atoms with Gasteiger partial charge in [-0.05, 0) is 38.5 Å². The summed E-state index contributed by atoms with van der Waals surface area (Å²) in [6.45, 7) is 6.43. The van der Waals surface area contributed by atoms with Crippen molar-refractivity contribution in [3.63, 3.8) is 0 Å². The summed E-state index contributed by atoms with van der Waals surface area (Å²) in [5, 5.41) is 9.49. The number of carbonyl (C=O) groups excluding carboxylic acids is 1. The lowest BCUT2D eigenvalue weighted by molar-refractivity contribution is -0.138. The zero-order valence-electron chi connectivity index (χ0n) is 15.7. The molecule has 1 heterocycles. The highest BCUT2D eigenvalue weighted by atomic mass is 19.4. The van der Waals surface area contributed by atoms with Gasteiger partial charge in [0.05, 0.1) is 24.4 Å². The lowest BCUT2D eigenvalue weighted by Crippen LogP contribution is -2.28. The summed E-state index contributed by atoms with van der Waals surface area (Å²) in [4.78, 5) is 12.1. The van der Waals surface area contributed by atoms with Crippen molar-refractivity contribution in [2.24, 2.45) is 0 Å². The minimum atomic E-state index is -4.47. The van der Waals surface area contributed by atoms with Gasteiger partial charge in [-0.3, -0.25) is 4.68 Å². The molecule has 0 spiro atoms. The number of benzene rings is 1. The molecule has 27 heavy (non-hydrogen) atoms. The molecule has 2 amide bonds. The fraction of sp³-hybridized carbons (Fsp3) is 0.444. The van der Waals surface area contributed by atoms with E-state index in [-0.39, 0.29) is 17.8 Å². The van der Waals surface area contributed by atoms with E-state index in [1.54, 1.807) is 11.8 Å². The molecule has 0 atom stereocenters. The zero-order chi connectivity index (χ0) is 20.2. The number of methoxy groups -OCH3 is 1. The van der Waals surface area contributed by atoms with Gasteiger partial charge in [-0.15, -0.1) is 0 Å². The lowest BCUT2D eigenvalue weighted by Gasteiger charge is -2.13. The number of urea groups is 1. The molecule has 0 aliphatic carbocycles. The monoisotopic (exact) mass is 384 g/mol. The molecule has 0 radical (unpaired) electrons. The Bertz CT molecular complexity index is 816. The van der Waals surface area contributed by atoms with E-state index in [0.717, 1.165) is 23.0 Å². The normalized spacial score (nSPS) is 11.5. The van der Waals surface area contributed by atoms with Crippen molar-refractivity contribution in [2.75, 3.05) is 19.0 Å². The van der Waals surface area contributed by atoms with E-state index >= 15 is 0 Å². The van der Waals surface area contributed by atoms with Crippen molar-refractivity contribution in [3.05, 3.63) is 46.3 Å². The van der Waals surface area contributed by atoms with Crippen molar-refractivity contribution >= 4 is 11.7 Å². The van der Waals surface area contributed by atoms with Crippen molar-refractivity contribution in [2.45, 2.75) is 40.0 Å². The van der Waals surface area contributed by atoms with Gasteiger partial charge in [0.1, 0.15) is 0 Å². The Hall–Kier alpha value is -2.55. The Morgan fingerprint density at radius 3 is 2.59 bits per heavy atom. The minimum Gasteiger partial charge on any atom is -0.383 e. The maximum absolute atomic E-state index is 13.0. The molecule has 0 fully saturated rings. The molecule has 0 unspecified atom stereocenters. The summed E-state index contributed by atoms with van der Waals surface area (Å²) >= 11 is 0. The maximum atomic E-state index is 13.0. The number of hydrogen-bond acceptors (Lipinski definition) is 3. The van der Waals surface area contributed by atoms with Gasteiger partial charge in [0.2, 0.25) is 0 Å². The molecule has 1 aromatic carbocycles. The Labute approximate surface area is 155 Å². The minimum absolute atomic E-state index is 0.0784. The van der Waals surface area contributed by atoms with Crippen LogP contribution in [0.1, 0.15) is 28.1 Å². The number of nitrogens with zero attached hydrogens (tertiary/aromatic N) is 2. The number of alkyl halides is 3. The summed E-state index contributed by atoms with van der Waals surface area (Å²) in [6.07, 6.45) is -4.47. The van der Waals surface area contributed by atoms with E-state index < -0.39 is 17.8 Å². The second-order valence-electron chi connectivity index (χ2n) is 6.20. The van der Waals surface area contributed by atoms with Crippen LogP contribution in [0.2, 0.25) is 0 Å². The van der Waals surface area contributed by atoms with Crippen LogP contribution in [-0.4, -0.2) is 29.5 Å². The molecular weight excluding hydrogens is 361 g/mol. The molecule has 0 bridgehead atoms. The SMILES string of the molecule is COCCn1nc(C)c(CNC(=O)Nc2ccc(C)c(C(F)(F)F)c2)c1C. The third-order valence-electron chi connectivity index (χ3n) is 4.27. The standard InChI is InChI=1S/C18H23F3N4O2/c1-11-5-6-14(9-16(11)18(19,20)21)23-17(26)22-10-15-12(2)24-25(13(15)3)7-8-27-4/h5-6,9H,7-8,10H2,1-4H3,(H2,22,23,26). The number of nitrogens with one attached hydrogen (secondary N) is 2. The van der Waals surface area contributed by atoms with Gasteiger partial charge in [0.15, 0.2) is 0 Å². The third-order valence-corrected chi connectivity index (χ3v) is 4.27. The molecule has 0 saturated heterocycles. The van der Waals surface area contributed by atoms with Crippen LogP contribution >= 0.6 is 0 Å². The molecular formula is C18H23F3N4O2. The van der Waals surface area contributed by atoms with Crippen LogP contribution in [0.3, 0.4) is 0 Å². The van der Waals surface area contributed by atoms with Gasteiger partial charge < -0.3 is 15.4 Å². The summed E-state index contributed by atoms with van der Waals surface area (Å²) in [5.41, 5.74) is 1.95. The summed E-state index contributed by atoms with van der Waals surface area (Å²) in [7, 11) is 1.60. The largest absolute Gasteiger partial charge is 0.416 e. The fourth-order valence-corrected chi connectivity index (χ4v) is 2.73. The summed E-state index contributed by atoms with van der Waals surface area (Å²) in [6, 6.07) is 3.10. The summed E-state index contributed by atoms with van der Waals surface area (Å²) in [5.74, 6) is 0. The van der Waals surface area contributed by atoms with E-state index in [0.29, 0.717) is 13.2 Å². The number of aromatic nitrogens is 2. The first-order valence-electron chi connectivity index (χ1n) is 8.38. The smallest absolute Gasteiger partial charge is 0.383 e. The van der Waals surface area contributed by atoms with Crippen LogP contribution < -0.4 is 10.6 Å². The molecule has 2 N–H and O–H groups in total. The second kappa shape index (κ2) is 8.43. The molecule has 2 rings (SSSR count). The molecule has 0 aliphatic heterocycles. The van der Waals surface area contributed by atoms with Gasteiger partial charge in [-0.2, -0.15) is 18.3 Å². The van der Waals surface area contributed by atoms with Gasteiger partial charge >= 0.3 is 12.2 Å². The summed E-state index contributed by atoms with van der Waals surface area (Å²) < 4.78 is 45.7. The number of amides is 2. The number of rotatable bonds is 6. The average molecular weight is 384 g/mol. The molecule has 9 heteroatoms. The number of anilines is 1. The molecule has 148 valence electrons. The molecule has 2 aromatic rings. The predicted molar refractivity (Wildman–Crippen MR) is 95.6 cm³/mol. The highest BCUT2D eigenvalue weighted by Gasteiger charge is 2.32. The van der Waals surface area contributed by atoms with E-state index in [9.17, 15) is 18.0 Å². The first-order chi connectivity index (χ1) is 12.6. The molecule has 6 nitrogen and oxygen atoms in total. The Morgan fingerprint density at radius 2 is 1.96 bits per heavy atom. The van der Waals surface area contributed by atoms with E-state index in [1.165, 1.54) is 19.1 Å². The van der Waals surface area contributed by atoms with Gasteiger partial charge in [-0.1, -0.05) is 6.07 Å². The van der Waals surface area contributed by atoms with Crippen LogP contribution in [0.25, 0.3) is 0 Å². The predicted octanol–water partition coefficient (Wildman–Crippen LogP) is 3.80. The van der Waals surface area contributed by atoms with Crippen molar-refractivity contribution in [1.82, 2.24) is 15.1 Å². The van der Waals surface area contributed by atoms with E-state index in [2.05, 4.69) is 15.7 Å². The molecule has 1 aromatic heterocycles. The second-order valence-corrected chi connectivity index (χ2v) is 6.20. The number of ether oxygens (including phenoxy) is 1. The van der Waals surface area contributed by atoms with Crippen LogP contribution in [-0.2, 0) is 24.0 Å². The average Bonchev–Trinajstić information content (AvgIpc) is 2.85. The number of carbonyl (C=O) groups is 1. The van der Waals surface area contributed by atoms with Crippen molar-refractivity contribution in [3.8, 4) is 0 Å². The Balaban J connectivity index is 2.02. The van der Waals surface area contributed by atoms with Gasteiger partial charge in [0, 0.05) is 30.6 Å². The van der Waals surface area contributed by atoms with Crippen molar-refractivity contribution in [1.29, 1.82) is 0 Å². The van der Waals surface area contributed by atoms with Crippen LogP contribution in [0.5, 0.6) is 0 Å². The van der Waals surface area contributed by atoms with Gasteiger partial charge in [-0.25, -0.2) is 4.79 Å². The third kappa shape index (κ3) is 5.22. The Kier molecular flexibility index (Phi) is 6.48. The topological polar surface area (TPSA) is 68.2 Å². The van der Waals surface area contributed by atoms with Crippen molar-refractivity contribution < 1.29 is 22.7 Å². The fourth-order valence-electron chi connectivity index (χ4n) is 2.73. The maximum Gasteiger partial charge on any atom is 0.416 e. The van der Waals surface area contributed by atoms with Gasteiger partial charge in [0.25, 0.3) is 0 Å². The van der Waals surface area contributed by atoms with E-state index in [4.69, 9.17) is 4.74 Å². The number of aryl methyl sites for hydroxylation is 2. The van der Waals surface area contributed by atoms with Crippen LogP contribution in [0, 0.1) is 20.8 Å². The number of halogens is 3. The zero-order valence-corrected chi connectivity index (χ0v) is 15.7. The Morgan fingerprint density at radius 1 is 1.26 bits per heavy atom. The lowest BCUT2D eigenvalue weighted by atomic mass is 10.1. The highest BCUT2D eigenvalue weighted by Crippen LogP contribution is 2.33. The molecule has 0 saturated carbocycles. The first-order valence-corrected chi connectivity index (χ1v) is 8.38. The molecule has 0 aliphatic rings. The quantitative estimate of drug-likeness (QED) is 0.796. The van der Waals surface area contributed by atoms with Crippen LogP contribution in [0.15, 0.2) is 18.2 Å². The van der Waals surface area contributed by atoms with E-state index in [1.807, 2.05) is 13.8 Å². The number of hydrogen-bond donors (Lipinski definition) is 2. The first kappa shape index (κ1) is 20.8. The highest BCUT2D eigenvalue weighted by molar-refractivity contribution is 5.89. The van der Waals surface area contributed by atoms with Crippen LogP contribution in [0.4, 0.5) is 23.7 Å².